The highest BCUT2D eigenvalue weighted by Gasteiger charge is 2.55. The number of ether oxygens (including phenoxy) is 3. The molecule has 244 valence electrons. The van der Waals surface area contributed by atoms with Crippen molar-refractivity contribution in [1.82, 2.24) is 29.8 Å². The number of β-lactam (4-membered cyclic amide) rings is 1. The number of anilines is 1. The molecule has 0 spiro atoms. The van der Waals surface area contributed by atoms with Crippen LogP contribution in [0.5, 0.6) is 0 Å². The van der Waals surface area contributed by atoms with Crippen LogP contribution in [0, 0.1) is 0 Å². The van der Waals surface area contributed by atoms with E-state index in [1.54, 1.807) is 13.0 Å². The summed E-state index contributed by atoms with van der Waals surface area (Å²) in [6.07, 6.45) is 0.513. The van der Waals surface area contributed by atoms with Gasteiger partial charge in [-0.05, 0) is 38.0 Å². The largest absolute Gasteiger partial charge is 1.00 e. The third-order valence-corrected chi connectivity index (χ3v) is 9.07. The molecule has 0 bridgehead atoms. The van der Waals surface area contributed by atoms with Gasteiger partial charge in [0.05, 0.1) is 6.61 Å². The maximum absolute atomic E-state index is 13.5. The standard InChI is InChI=1S/C25H30N8O9S2.ClH/c1-3-40-25(38)42-11(2)41-23(37)17-13(8-12-5-7-32(20(12)35)14-4-6-27-9-14)10-43-22-16(21(36)33(17)22)28-19(34)15(30-39)18-29-24(26)44-31-18;/h8,11,14,16,22,27,39H,3-7,9-10H2,1-2H3,(H,28,34)(H2,26,29,31);1H/p-1/b12-8+,30-15-;/t11?,14-,16-,22-;/m1./s1. The summed E-state index contributed by atoms with van der Waals surface area (Å²) in [6.45, 7) is 5.02. The van der Waals surface area contributed by atoms with Gasteiger partial charge in [0, 0.05) is 48.9 Å². The molecule has 0 aromatic carbocycles. The van der Waals surface area contributed by atoms with Crippen LogP contribution in [0.3, 0.4) is 0 Å². The van der Waals surface area contributed by atoms with E-state index in [9.17, 15) is 29.2 Å². The Kier molecular flexibility index (Phi) is 10.9. The number of hydrogen-bond acceptors (Lipinski definition) is 16. The number of allylic oxidation sites excluding steroid dienone is 1. The average Bonchev–Trinajstić information content (AvgIpc) is 3.74. The fraction of sp³-hybridized carbons (Fsp3) is 0.520. The Labute approximate surface area is 271 Å². The number of oxime groups is 1. The summed E-state index contributed by atoms with van der Waals surface area (Å²) in [5, 5.41) is 17.4. The fourth-order valence-electron chi connectivity index (χ4n) is 5.23. The van der Waals surface area contributed by atoms with E-state index in [0.717, 1.165) is 29.4 Å². The number of fused-ring (bicyclic) bond motifs is 1. The van der Waals surface area contributed by atoms with Gasteiger partial charge in [-0.15, -0.1) is 11.8 Å². The van der Waals surface area contributed by atoms with Crippen LogP contribution >= 0.6 is 23.3 Å². The third-order valence-electron chi connectivity index (χ3n) is 7.22. The van der Waals surface area contributed by atoms with Crippen molar-refractivity contribution >= 4 is 64.0 Å². The predicted octanol–water partition coefficient (Wildman–Crippen LogP) is -3.46. The summed E-state index contributed by atoms with van der Waals surface area (Å²) in [5.74, 6) is -2.73. The molecular formula is C25H30ClN8O9S2-. The first-order chi connectivity index (χ1) is 21.1. The highest BCUT2D eigenvalue weighted by atomic mass is 35.5. The van der Waals surface area contributed by atoms with Crippen molar-refractivity contribution in [3.8, 4) is 0 Å². The molecule has 1 aromatic heterocycles. The summed E-state index contributed by atoms with van der Waals surface area (Å²) in [5.41, 5.74) is 5.73. The number of aromatic nitrogens is 2. The summed E-state index contributed by atoms with van der Waals surface area (Å²) in [7, 11) is 0. The van der Waals surface area contributed by atoms with Crippen molar-refractivity contribution in [3.63, 3.8) is 0 Å². The Hall–Kier alpha value is -3.94. The quantitative estimate of drug-likeness (QED) is 0.0377. The number of amides is 3. The van der Waals surface area contributed by atoms with Crippen LogP contribution in [-0.4, -0.2) is 116 Å². The summed E-state index contributed by atoms with van der Waals surface area (Å²) < 4.78 is 18.9. The van der Waals surface area contributed by atoms with Crippen molar-refractivity contribution in [3.05, 3.63) is 28.7 Å². The van der Waals surface area contributed by atoms with Gasteiger partial charge in [0.2, 0.25) is 23.7 Å². The summed E-state index contributed by atoms with van der Waals surface area (Å²) in [6, 6.07) is -1.02. The van der Waals surface area contributed by atoms with Crippen LogP contribution in [0.2, 0.25) is 0 Å². The van der Waals surface area contributed by atoms with Gasteiger partial charge in [-0.25, -0.2) is 9.59 Å². The Morgan fingerprint density at radius 3 is 2.73 bits per heavy atom. The maximum atomic E-state index is 13.5. The highest BCUT2D eigenvalue weighted by Crippen LogP contribution is 2.42. The van der Waals surface area contributed by atoms with Gasteiger partial charge in [-0.1, -0.05) is 5.16 Å². The Balaban J connectivity index is 0.00000461. The average molecular weight is 686 g/mol. The van der Waals surface area contributed by atoms with Crippen LogP contribution in [0.15, 0.2) is 28.1 Å². The van der Waals surface area contributed by atoms with Crippen molar-refractivity contribution < 1.29 is 55.8 Å². The molecular weight excluding hydrogens is 656 g/mol. The molecule has 4 aliphatic rings. The number of halogens is 1. The monoisotopic (exact) mass is 685 g/mol. The molecule has 4 atom stereocenters. The first-order valence-electron chi connectivity index (χ1n) is 13.7. The Bertz CT molecular complexity index is 1460. The lowest BCUT2D eigenvalue weighted by atomic mass is 10.0. The Morgan fingerprint density at radius 1 is 1.31 bits per heavy atom. The minimum absolute atomic E-state index is 0. The normalized spacial score (nSPS) is 24.5. The van der Waals surface area contributed by atoms with Gasteiger partial charge in [0.1, 0.15) is 17.1 Å². The number of carbonyl (C=O) groups is 5. The van der Waals surface area contributed by atoms with Gasteiger partial charge < -0.3 is 53.1 Å². The zero-order chi connectivity index (χ0) is 31.5. The molecule has 5 N–H and O–H groups in total. The van der Waals surface area contributed by atoms with Gasteiger partial charge >= 0.3 is 12.1 Å². The summed E-state index contributed by atoms with van der Waals surface area (Å²) in [4.78, 5) is 71.6. The van der Waals surface area contributed by atoms with E-state index in [0.29, 0.717) is 30.7 Å². The maximum Gasteiger partial charge on any atom is 0.511 e. The molecule has 20 heteroatoms. The lowest BCUT2D eigenvalue weighted by Gasteiger charge is -2.49. The molecule has 45 heavy (non-hydrogen) atoms. The number of likely N-dealkylation sites (tertiary alicyclic amines) is 1. The van der Waals surface area contributed by atoms with Crippen molar-refractivity contribution in [2.45, 2.75) is 50.4 Å². The highest BCUT2D eigenvalue weighted by molar-refractivity contribution is 8.00. The van der Waals surface area contributed by atoms with E-state index in [1.165, 1.54) is 18.7 Å². The fourth-order valence-corrected chi connectivity index (χ4v) is 6.97. The first-order valence-corrected chi connectivity index (χ1v) is 15.5. The number of rotatable bonds is 9. The smallest absolute Gasteiger partial charge is 0.511 e. The number of hydrogen-bond donors (Lipinski definition) is 4. The molecule has 0 radical (unpaired) electrons. The van der Waals surface area contributed by atoms with Crippen molar-refractivity contribution in [1.29, 1.82) is 0 Å². The van der Waals surface area contributed by atoms with Gasteiger partial charge in [0.15, 0.2) is 5.13 Å². The number of esters is 1. The minimum atomic E-state index is -1.36. The van der Waals surface area contributed by atoms with E-state index in [2.05, 4.69) is 25.1 Å². The number of nitrogens with one attached hydrogen (secondary N) is 2. The molecule has 3 amide bonds. The number of thioether (sulfide) groups is 1. The van der Waals surface area contributed by atoms with Crippen LogP contribution in [0.1, 0.15) is 32.5 Å². The van der Waals surface area contributed by atoms with Crippen LogP contribution in [0.4, 0.5) is 9.93 Å². The number of nitrogens with two attached hydrogens (primary N) is 1. The van der Waals surface area contributed by atoms with Crippen molar-refractivity contribution in [2.75, 3.05) is 37.7 Å². The second-order valence-electron chi connectivity index (χ2n) is 9.98. The number of nitrogen functional groups attached to an aromatic ring is 1. The van der Waals surface area contributed by atoms with Crippen LogP contribution < -0.4 is 28.8 Å². The Morgan fingerprint density at radius 2 is 2.09 bits per heavy atom. The lowest BCUT2D eigenvalue weighted by molar-refractivity contribution is -0.168. The summed E-state index contributed by atoms with van der Waals surface area (Å²) >= 11 is 2.04. The first kappa shape index (κ1) is 33.9. The van der Waals surface area contributed by atoms with Gasteiger partial charge in [-0.3, -0.25) is 19.3 Å². The van der Waals surface area contributed by atoms with Crippen LogP contribution in [0.25, 0.3) is 0 Å². The number of carbonyl (C=O) groups excluding carboxylic acids is 5. The topological polar surface area (TPSA) is 228 Å². The molecule has 1 aromatic rings. The zero-order valence-corrected chi connectivity index (χ0v) is 26.4. The molecule has 5 heterocycles. The molecule has 5 rings (SSSR count). The second-order valence-corrected chi connectivity index (χ2v) is 11.9. The molecule has 3 saturated heterocycles. The zero-order valence-electron chi connectivity index (χ0n) is 24.1. The lowest BCUT2D eigenvalue weighted by Crippen LogP contribution is -3.00. The number of nitrogens with zero attached hydrogens (tertiary/aromatic N) is 5. The van der Waals surface area contributed by atoms with E-state index in [1.807, 2.05) is 4.90 Å². The van der Waals surface area contributed by atoms with Gasteiger partial charge in [0.25, 0.3) is 11.8 Å². The van der Waals surface area contributed by atoms with Crippen molar-refractivity contribution in [2.24, 2.45) is 5.16 Å². The molecule has 4 aliphatic heterocycles. The SMILES string of the molecule is CCOC(=O)OC(C)OC(=O)C1=C(/C=C2\CCN([C@@H]3CCNC3)C2=O)CS[C@@H]2[C@H](NC(=O)/C(=N\O)c3nsc(N)n3)C(=O)N12.[Cl-]. The third kappa shape index (κ3) is 7.00. The van der Waals surface area contributed by atoms with Gasteiger partial charge in [-0.2, -0.15) is 9.36 Å². The second kappa shape index (κ2) is 14.4. The minimum Gasteiger partial charge on any atom is -1.00 e. The van der Waals surface area contributed by atoms with Crippen LogP contribution in [-0.2, 0) is 33.4 Å². The van der Waals surface area contributed by atoms with E-state index in [-0.39, 0.29) is 53.4 Å². The molecule has 3 fully saturated rings. The molecule has 1 unspecified atom stereocenters. The van der Waals surface area contributed by atoms with E-state index >= 15 is 0 Å². The molecule has 0 saturated carbocycles. The van der Waals surface area contributed by atoms with E-state index < -0.39 is 47.4 Å². The predicted molar refractivity (Wildman–Crippen MR) is 154 cm³/mol. The van der Waals surface area contributed by atoms with E-state index in [4.69, 9.17) is 19.9 Å². The molecule has 17 nitrogen and oxygen atoms in total. The molecule has 0 aliphatic carbocycles.